The number of nitrogens with zero attached hydrogens (tertiary/aromatic N) is 2. The fourth-order valence-electron chi connectivity index (χ4n) is 3.04. The van der Waals surface area contributed by atoms with E-state index in [4.69, 9.17) is 4.74 Å². The number of aromatic nitrogens is 1. The number of hydrogen-bond acceptors (Lipinski definition) is 7. The molecule has 0 unspecified atom stereocenters. The number of rotatable bonds is 5. The number of amides is 4. The molecule has 4 amide bonds. The molecular weight excluding hydrogens is 444 g/mol. The minimum atomic E-state index is -0.505. The zero-order chi connectivity index (χ0) is 23.0. The molecule has 0 atom stereocenters. The minimum Gasteiger partial charge on any atom is -0.378 e. The number of anilines is 3. The van der Waals surface area contributed by atoms with E-state index in [9.17, 15) is 14.4 Å². The molecule has 1 fully saturated rings. The normalized spacial score (nSPS) is 13.2. The fraction of sp³-hybridized carbons (Fsp3) is 0.182. The van der Waals surface area contributed by atoms with Gasteiger partial charge in [0.05, 0.1) is 13.2 Å². The molecule has 1 aliphatic rings. The van der Waals surface area contributed by atoms with Gasteiger partial charge in [0.2, 0.25) is 0 Å². The van der Waals surface area contributed by atoms with Crippen LogP contribution in [0, 0.1) is 0 Å². The Bertz CT molecular complexity index is 1110. The number of hydrazine groups is 1. The van der Waals surface area contributed by atoms with Crippen LogP contribution in [0.15, 0.2) is 60.0 Å². The van der Waals surface area contributed by atoms with Gasteiger partial charge in [-0.2, -0.15) is 0 Å². The van der Waals surface area contributed by atoms with Crippen molar-refractivity contribution in [2.45, 2.75) is 0 Å². The molecule has 0 aliphatic carbocycles. The Morgan fingerprint density at radius 2 is 1.48 bits per heavy atom. The van der Waals surface area contributed by atoms with Crippen LogP contribution in [0.5, 0.6) is 0 Å². The highest BCUT2D eigenvalue weighted by Gasteiger charge is 2.18. The van der Waals surface area contributed by atoms with Gasteiger partial charge in [-0.25, -0.2) is 9.78 Å². The van der Waals surface area contributed by atoms with Gasteiger partial charge < -0.3 is 20.3 Å². The average molecular weight is 467 g/mol. The van der Waals surface area contributed by atoms with Gasteiger partial charge in [0.1, 0.15) is 5.69 Å². The number of urea groups is 1. The molecule has 0 saturated carbocycles. The van der Waals surface area contributed by atoms with Crippen LogP contribution < -0.4 is 26.4 Å². The van der Waals surface area contributed by atoms with Gasteiger partial charge in [-0.05, 0) is 36.4 Å². The molecule has 2 aromatic carbocycles. The highest BCUT2D eigenvalue weighted by molar-refractivity contribution is 7.13. The Balaban J connectivity index is 1.26. The molecule has 4 rings (SSSR count). The maximum Gasteiger partial charge on any atom is 0.323 e. The summed E-state index contributed by atoms with van der Waals surface area (Å²) in [7, 11) is 0. The molecule has 1 aliphatic heterocycles. The average Bonchev–Trinajstić information content (AvgIpc) is 3.34. The van der Waals surface area contributed by atoms with Gasteiger partial charge in [-0.1, -0.05) is 18.2 Å². The first-order valence-corrected chi connectivity index (χ1v) is 11.1. The second-order valence-corrected chi connectivity index (χ2v) is 7.88. The first kappa shape index (κ1) is 22.2. The summed E-state index contributed by atoms with van der Waals surface area (Å²) >= 11 is 1.37. The molecule has 1 aromatic heterocycles. The number of morpholine rings is 1. The van der Waals surface area contributed by atoms with Crippen LogP contribution in [0.2, 0.25) is 0 Å². The third-order valence-corrected chi connectivity index (χ3v) is 5.63. The molecule has 2 heterocycles. The molecular formula is C22H22N6O4S. The lowest BCUT2D eigenvalue weighted by Crippen LogP contribution is -2.41. The third kappa shape index (κ3) is 6.05. The first-order valence-electron chi connectivity index (χ1n) is 10.2. The largest absolute Gasteiger partial charge is 0.378 e. The van der Waals surface area contributed by atoms with Crippen LogP contribution in [-0.4, -0.2) is 49.1 Å². The Labute approximate surface area is 193 Å². The second kappa shape index (κ2) is 10.6. The van der Waals surface area contributed by atoms with Crippen molar-refractivity contribution in [2.75, 3.05) is 41.8 Å². The van der Waals surface area contributed by atoms with Crippen molar-refractivity contribution >= 4 is 45.7 Å². The van der Waals surface area contributed by atoms with E-state index in [2.05, 4.69) is 31.4 Å². The summed E-state index contributed by atoms with van der Waals surface area (Å²) < 4.78 is 5.32. The smallest absolute Gasteiger partial charge is 0.323 e. The van der Waals surface area contributed by atoms with E-state index in [1.54, 1.807) is 41.8 Å². The van der Waals surface area contributed by atoms with Crippen LogP contribution in [0.25, 0.3) is 0 Å². The first-order chi connectivity index (χ1) is 16.1. The lowest BCUT2D eigenvalue weighted by molar-refractivity contribution is 0.0844. The zero-order valence-electron chi connectivity index (χ0n) is 17.5. The number of thiazole rings is 1. The van der Waals surface area contributed by atoms with Gasteiger partial charge in [-0.15, -0.1) is 11.3 Å². The van der Waals surface area contributed by atoms with Crippen LogP contribution in [0.4, 0.5) is 21.3 Å². The highest BCUT2D eigenvalue weighted by atomic mass is 32.1. The van der Waals surface area contributed by atoms with Gasteiger partial charge in [0.15, 0.2) is 5.13 Å². The molecule has 33 heavy (non-hydrogen) atoms. The van der Waals surface area contributed by atoms with Crippen molar-refractivity contribution in [1.29, 1.82) is 0 Å². The molecule has 0 radical (unpaired) electrons. The Morgan fingerprint density at radius 3 is 2.18 bits per heavy atom. The van der Waals surface area contributed by atoms with Crippen LogP contribution in [-0.2, 0) is 4.74 Å². The molecule has 0 spiro atoms. The molecule has 11 heteroatoms. The van der Waals surface area contributed by atoms with E-state index < -0.39 is 17.8 Å². The summed E-state index contributed by atoms with van der Waals surface area (Å²) in [6.07, 6.45) is 0. The molecule has 0 bridgehead atoms. The summed E-state index contributed by atoms with van der Waals surface area (Å²) in [5, 5.41) is 7.79. The lowest BCUT2D eigenvalue weighted by Gasteiger charge is -2.25. The Hall–Kier alpha value is -3.96. The third-order valence-electron chi connectivity index (χ3n) is 4.73. The van der Waals surface area contributed by atoms with E-state index in [0.717, 1.165) is 18.2 Å². The summed E-state index contributed by atoms with van der Waals surface area (Å²) in [6.45, 7) is 2.71. The quantitative estimate of drug-likeness (QED) is 0.429. The van der Waals surface area contributed by atoms with Gasteiger partial charge in [0.25, 0.3) is 11.8 Å². The molecule has 10 nitrogen and oxygen atoms in total. The van der Waals surface area contributed by atoms with E-state index in [-0.39, 0.29) is 5.69 Å². The van der Waals surface area contributed by atoms with Crippen molar-refractivity contribution < 1.29 is 19.1 Å². The van der Waals surface area contributed by atoms with Crippen LogP contribution in [0.1, 0.15) is 20.8 Å². The number of para-hydroxylation sites is 1. The monoisotopic (exact) mass is 466 g/mol. The zero-order valence-corrected chi connectivity index (χ0v) is 18.4. The fourth-order valence-corrected chi connectivity index (χ4v) is 3.90. The number of carbonyl (C=O) groups is 3. The second-order valence-electron chi connectivity index (χ2n) is 7.05. The molecule has 3 aromatic rings. The van der Waals surface area contributed by atoms with Crippen molar-refractivity contribution in [3.63, 3.8) is 0 Å². The Morgan fingerprint density at radius 1 is 0.848 bits per heavy atom. The van der Waals surface area contributed by atoms with Crippen LogP contribution >= 0.6 is 11.3 Å². The molecule has 170 valence electrons. The number of hydrogen-bond donors (Lipinski definition) is 4. The summed E-state index contributed by atoms with van der Waals surface area (Å²) in [4.78, 5) is 43.1. The number of nitrogens with one attached hydrogen (secondary N) is 4. The lowest BCUT2D eigenvalue weighted by atomic mass is 10.2. The predicted molar refractivity (Wildman–Crippen MR) is 126 cm³/mol. The predicted octanol–water partition coefficient (Wildman–Crippen LogP) is 2.70. The molecule has 4 N–H and O–H groups in total. The number of carbonyl (C=O) groups excluding carboxylic acids is 3. The highest BCUT2D eigenvalue weighted by Crippen LogP contribution is 2.21. The topological polar surface area (TPSA) is 125 Å². The number of ether oxygens (including phenoxy) is 1. The summed E-state index contributed by atoms with van der Waals surface area (Å²) in [5.41, 5.74) is 6.47. The standard InChI is InChI=1S/C22H22N6O4S/c29-19(26-27-20(30)18-14-33-22(25-18)28-10-12-32-13-11-28)15-6-8-17(9-7-15)24-21(31)23-16-4-2-1-3-5-16/h1-9,14H,10-13H2,(H,26,29)(H,27,30)(H2,23,24,31). The van der Waals surface area contributed by atoms with E-state index >= 15 is 0 Å². The van der Waals surface area contributed by atoms with Crippen molar-refractivity contribution in [1.82, 2.24) is 15.8 Å². The maximum atomic E-state index is 12.3. The van der Waals surface area contributed by atoms with Crippen molar-refractivity contribution in [3.05, 3.63) is 71.2 Å². The summed E-state index contributed by atoms with van der Waals surface area (Å²) in [6, 6.07) is 14.9. The van der Waals surface area contributed by atoms with Gasteiger partial charge in [-0.3, -0.25) is 20.4 Å². The van der Waals surface area contributed by atoms with E-state index in [1.165, 1.54) is 11.3 Å². The SMILES string of the molecule is O=C(Nc1ccccc1)Nc1ccc(C(=O)NNC(=O)c2csc(N3CCOCC3)n2)cc1. The maximum absolute atomic E-state index is 12.3. The van der Waals surface area contributed by atoms with E-state index in [1.807, 2.05) is 18.2 Å². The molecule has 1 saturated heterocycles. The van der Waals surface area contributed by atoms with Crippen molar-refractivity contribution in [2.24, 2.45) is 0 Å². The van der Waals surface area contributed by atoms with Crippen LogP contribution in [0.3, 0.4) is 0 Å². The van der Waals surface area contributed by atoms with Gasteiger partial charge >= 0.3 is 6.03 Å². The summed E-state index contributed by atoms with van der Waals surface area (Å²) in [5.74, 6) is -0.998. The van der Waals surface area contributed by atoms with Gasteiger partial charge in [0, 0.05) is 35.4 Å². The Kier molecular flexibility index (Phi) is 7.12. The number of benzene rings is 2. The van der Waals surface area contributed by atoms with E-state index in [0.29, 0.717) is 30.2 Å². The van der Waals surface area contributed by atoms with Crippen molar-refractivity contribution in [3.8, 4) is 0 Å². The minimum absolute atomic E-state index is 0.228.